The van der Waals surface area contributed by atoms with E-state index in [0.29, 0.717) is 0 Å². The van der Waals surface area contributed by atoms with Gasteiger partial charge in [-0.1, -0.05) is 11.6 Å². The van der Waals surface area contributed by atoms with E-state index in [1.165, 1.54) is 25.3 Å². The Morgan fingerprint density at radius 2 is 2.27 bits per heavy atom. The molecule has 0 aliphatic carbocycles. The zero-order valence-corrected chi connectivity index (χ0v) is 8.72. The molecule has 0 radical (unpaired) electrons. The standard InChI is InChI=1S/C10H9ClFNO2/c1-15-9(14)5-2-6-8(13)4-3-7(11)10(6)12/h2-5H,13H2,1H3. The highest BCUT2D eigenvalue weighted by atomic mass is 35.5. The van der Waals surface area contributed by atoms with Crippen LogP contribution < -0.4 is 5.73 Å². The van der Waals surface area contributed by atoms with Crippen LogP contribution >= 0.6 is 11.6 Å². The maximum Gasteiger partial charge on any atom is 0.330 e. The minimum absolute atomic E-state index is 0.0475. The lowest BCUT2D eigenvalue weighted by atomic mass is 10.1. The van der Waals surface area contributed by atoms with Crippen molar-refractivity contribution in [2.45, 2.75) is 0 Å². The second kappa shape index (κ2) is 4.79. The van der Waals surface area contributed by atoms with Gasteiger partial charge in [0.25, 0.3) is 0 Å². The molecule has 1 rings (SSSR count). The van der Waals surface area contributed by atoms with E-state index < -0.39 is 11.8 Å². The smallest absolute Gasteiger partial charge is 0.330 e. The van der Waals surface area contributed by atoms with Crippen LogP contribution in [-0.2, 0) is 9.53 Å². The largest absolute Gasteiger partial charge is 0.466 e. The fourth-order valence-electron chi connectivity index (χ4n) is 0.970. The third-order valence-electron chi connectivity index (χ3n) is 1.75. The lowest BCUT2D eigenvalue weighted by molar-refractivity contribution is -0.134. The SMILES string of the molecule is COC(=O)C=Cc1c(N)ccc(Cl)c1F. The van der Waals surface area contributed by atoms with Crippen molar-refractivity contribution >= 4 is 29.3 Å². The van der Waals surface area contributed by atoms with E-state index in [4.69, 9.17) is 17.3 Å². The van der Waals surface area contributed by atoms with Crippen LogP contribution in [0.5, 0.6) is 0 Å². The minimum Gasteiger partial charge on any atom is -0.466 e. The van der Waals surface area contributed by atoms with Crippen molar-refractivity contribution in [1.29, 1.82) is 0 Å². The molecule has 2 N–H and O–H groups in total. The number of nitrogen functional groups attached to an aromatic ring is 1. The van der Waals surface area contributed by atoms with Crippen LogP contribution in [0.3, 0.4) is 0 Å². The summed E-state index contributed by atoms with van der Waals surface area (Å²) in [5, 5.41) is -0.0475. The molecule has 15 heavy (non-hydrogen) atoms. The van der Waals surface area contributed by atoms with Gasteiger partial charge in [-0.2, -0.15) is 0 Å². The predicted octanol–water partition coefficient (Wildman–Crippen LogP) is 2.25. The van der Waals surface area contributed by atoms with E-state index >= 15 is 0 Å². The molecule has 1 aromatic rings. The van der Waals surface area contributed by atoms with Crippen LogP contribution in [0.4, 0.5) is 10.1 Å². The van der Waals surface area contributed by atoms with Crippen LogP contribution in [0.25, 0.3) is 6.08 Å². The molecule has 5 heteroatoms. The van der Waals surface area contributed by atoms with Crippen molar-refractivity contribution in [1.82, 2.24) is 0 Å². The van der Waals surface area contributed by atoms with Crippen LogP contribution in [0.15, 0.2) is 18.2 Å². The van der Waals surface area contributed by atoms with Crippen molar-refractivity contribution in [2.75, 3.05) is 12.8 Å². The highest BCUT2D eigenvalue weighted by Crippen LogP contribution is 2.24. The molecule has 0 spiro atoms. The third kappa shape index (κ3) is 2.70. The Kier molecular flexibility index (Phi) is 3.68. The topological polar surface area (TPSA) is 52.3 Å². The van der Waals surface area contributed by atoms with E-state index in [1.807, 2.05) is 0 Å². The number of esters is 1. The van der Waals surface area contributed by atoms with Gasteiger partial charge in [-0.25, -0.2) is 9.18 Å². The number of hydrogen-bond acceptors (Lipinski definition) is 3. The molecule has 0 aliphatic rings. The van der Waals surface area contributed by atoms with E-state index in [0.717, 1.165) is 6.08 Å². The number of rotatable bonds is 2. The van der Waals surface area contributed by atoms with Gasteiger partial charge in [0.15, 0.2) is 5.82 Å². The maximum absolute atomic E-state index is 13.4. The highest BCUT2D eigenvalue weighted by Gasteiger charge is 2.08. The molecule has 0 heterocycles. The molecular formula is C10H9ClFNO2. The molecular weight excluding hydrogens is 221 g/mol. The Labute approximate surface area is 91.3 Å². The van der Waals surface area contributed by atoms with E-state index in [1.54, 1.807) is 0 Å². The van der Waals surface area contributed by atoms with Gasteiger partial charge in [-0.05, 0) is 18.2 Å². The summed E-state index contributed by atoms with van der Waals surface area (Å²) in [7, 11) is 1.23. The molecule has 80 valence electrons. The number of carbonyl (C=O) groups excluding carboxylic acids is 1. The summed E-state index contributed by atoms with van der Waals surface area (Å²) < 4.78 is 17.8. The van der Waals surface area contributed by atoms with Gasteiger partial charge in [-0.15, -0.1) is 0 Å². The van der Waals surface area contributed by atoms with Crippen molar-refractivity contribution in [3.63, 3.8) is 0 Å². The van der Waals surface area contributed by atoms with Crippen LogP contribution in [-0.4, -0.2) is 13.1 Å². The Morgan fingerprint density at radius 3 is 2.87 bits per heavy atom. The second-order valence-corrected chi connectivity index (χ2v) is 3.13. The number of hydrogen-bond donors (Lipinski definition) is 1. The predicted molar refractivity (Wildman–Crippen MR) is 56.9 cm³/mol. The Morgan fingerprint density at radius 1 is 1.60 bits per heavy atom. The van der Waals surface area contributed by atoms with E-state index in [2.05, 4.69) is 4.74 Å². The van der Waals surface area contributed by atoms with E-state index in [9.17, 15) is 9.18 Å². The lowest BCUT2D eigenvalue weighted by Gasteiger charge is -2.03. The van der Waals surface area contributed by atoms with Crippen molar-refractivity contribution in [2.24, 2.45) is 0 Å². The zero-order valence-electron chi connectivity index (χ0n) is 7.96. The molecule has 0 amide bonds. The Hall–Kier alpha value is -1.55. The van der Waals surface area contributed by atoms with Crippen molar-refractivity contribution < 1.29 is 13.9 Å². The first-order valence-electron chi connectivity index (χ1n) is 4.05. The fraction of sp³-hybridized carbons (Fsp3) is 0.100. The van der Waals surface area contributed by atoms with Gasteiger partial charge < -0.3 is 10.5 Å². The average Bonchev–Trinajstić information content (AvgIpc) is 2.23. The summed E-state index contributed by atoms with van der Waals surface area (Å²) in [6.07, 6.45) is 2.30. The van der Waals surface area contributed by atoms with Crippen LogP contribution in [0.1, 0.15) is 5.56 Å². The van der Waals surface area contributed by atoms with Gasteiger partial charge in [0.05, 0.1) is 12.1 Å². The third-order valence-corrected chi connectivity index (χ3v) is 2.05. The maximum atomic E-state index is 13.4. The highest BCUT2D eigenvalue weighted by molar-refractivity contribution is 6.31. The summed E-state index contributed by atoms with van der Waals surface area (Å²) in [5.74, 6) is -1.24. The molecule has 0 aliphatic heterocycles. The fourth-order valence-corrected chi connectivity index (χ4v) is 1.13. The Balaban J connectivity index is 3.09. The zero-order chi connectivity index (χ0) is 11.4. The minimum atomic E-state index is -0.656. The number of anilines is 1. The van der Waals surface area contributed by atoms with Crippen molar-refractivity contribution in [3.8, 4) is 0 Å². The first-order valence-corrected chi connectivity index (χ1v) is 4.43. The number of benzene rings is 1. The van der Waals surface area contributed by atoms with Crippen LogP contribution in [0, 0.1) is 5.82 Å². The van der Waals surface area contributed by atoms with Gasteiger partial charge in [-0.3, -0.25) is 0 Å². The summed E-state index contributed by atoms with van der Waals surface area (Å²) in [6.45, 7) is 0. The molecule has 1 aromatic carbocycles. The monoisotopic (exact) mass is 229 g/mol. The van der Waals surface area contributed by atoms with Gasteiger partial charge >= 0.3 is 5.97 Å². The molecule has 3 nitrogen and oxygen atoms in total. The number of nitrogens with two attached hydrogens (primary N) is 1. The number of ether oxygens (including phenoxy) is 1. The molecule has 0 fully saturated rings. The number of carbonyl (C=O) groups is 1. The Bertz CT molecular complexity index is 418. The average molecular weight is 230 g/mol. The van der Waals surface area contributed by atoms with E-state index in [-0.39, 0.29) is 16.3 Å². The van der Waals surface area contributed by atoms with Gasteiger partial charge in [0, 0.05) is 17.3 Å². The second-order valence-electron chi connectivity index (χ2n) is 2.72. The van der Waals surface area contributed by atoms with Crippen LogP contribution in [0.2, 0.25) is 5.02 Å². The summed E-state index contributed by atoms with van der Waals surface area (Å²) in [4.78, 5) is 10.8. The number of methoxy groups -OCH3 is 1. The molecule has 0 aromatic heterocycles. The first-order chi connectivity index (χ1) is 7.06. The first kappa shape index (κ1) is 11.5. The summed E-state index contributed by atoms with van der Waals surface area (Å²) in [6, 6.07) is 2.81. The molecule has 0 saturated heterocycles. The van der Waals surface area contributed by atoms with Gasteiger partial charge in [0.2, 0.25) is 0 Å². The summed E-state index contributed by atoms with van der Waals surface area (Å²) in [5.41, 5.74) is 5.80. The van der Waals surface area contributed by atoms with Crippen molar-refractivity contribution in [3.05, 3.63) is 34.6 Å². The van der Waals surface area contributed by atoms with Gasteiger partial charge in [0.1, 0.15) is 0 Å². The number of halogens is 2. The summed E-state index contributed by atoms with van der Waals surface area (Å²) >= 11 is 5.55. The quantitative estimate of drug-likeness (QED) is 0.481. The lowest BCUT2D eigenvalue weighted by Crippen LogP contribution is -1.97. The molecule has 0 atom stereocenters. The molecule has 0 unspecified atom stereocenters. The normalized spacial score (nSPS) is 10.6. The molecule has 0 saturated carbocycles. The molecule has 0 bridgehead atoms.